The summed E-state index contributed by atoms with van der Waals surface area (Å²) in [4.78, 5) is 12.5. The largest absolute Gasteiger partial charge is 0.508 e. The van der Waals surface area contributed by atoms with E-state index < -0.39 is 0 Å². The van der Waals surface area contributed by atoms with Crippen LogP contribution in [0.4, 0.5) is 0 Å². The van der Waals surface area contributed by atoms with Crippen molar-refractivity contribution in [3.8, 4) is 46.0 Å². The first-order valence-corrected chi connectivity index (χ1v) is 6.69. The minimum absolute atomic E-state index is 0.0154. The summed E-state index contributed by atoms with van der Waals surface area (Å²) in [5, 5.41) is 29.3. The van der Waals surface area contributed by atoms with E-state index in [1.165, 1.54) is 31.4 Å². The first-order valence-electron chi connectivity index (χ1n) is 6.69. The Bertz CT molecular complexity index is 868. The minimum atomic E-state index is -0.179. The smallest absolute Gasteiger partial charge is 0.320 e. The van der Waals surface area contributed by atoms with Gasteiger partial charge in [0, 0.05) is 6.07 Å². The highest BCUT2D eigenvalue weighted by Gasteiger charge is 2.15. The molecule has 3 aromatic rings. The van der Waals surface area contributed by atoms with Gasteiger partial charge in [-0.3, -0.25) is 0 Å². The molecule has 0 atom stereocenters. The van der Waals surface area contributed by atoms with Gasteiger partial charge in [0.25, 0.3) is 0 Å². The van der Waals surface area contributed by atoms with Crippen LogP contribution < -0.4 is 4.74 Å². The molecule has 0 aliphatic carbocycles. The molecule has 0 aliphatic rings. The second-order valence-electron chi connectivity index (χ2n) is 4.69. The summed E-state index contributed by atoms with van der Waals surface area (Å²) in [6.07, 6.45) is 0. The zero-order valence-corrected chi connectivity index (χ0v) is 12.1. The molecule has 3 rings (SSSR count). The summed E-state index contributed by atoms with van der Waals surface area (Å²) in [6, 6.07) is 10.7. The number of nitrogens with zero attached hydrogens (tertiary/aromatic N) is 3. The summed E-state index contributed by atoms with van der Waals surface area (Å²) in [6.45, 7) is 0. The predicted octanol–water partition coefficient (Wildman–Crippen LogP) is 2.33. The Morgan fingerprint density at radius 3 is 2.04 bits per heavy atom. The summed E-state index contributed by atoms with van der Waals surface area (Å²) in [7, 11) is 1.41. The van der Waals surface area contributed by atoms with E-state index in [0.29, 0.717) is 11.1 Å². The van der Waals surface area contributed by atoms with Crippen LogP contribution in [-0.2, 0) is 0 Å². The van der Waals surface area contributed by atoms with Crippen molar-refractivity contribution in [2.75, 3.05) is 7.11 Å². The molecule has 0 fully saturated rings. The monoisotopic (exact) mass is 311 g/mol. The molecule has 2 aromatic carbocycles. The van der Waals surface area contributed by atoms with Crippen LogP contribution >= 0.6 is 0 Å². The number of hydrogen-bond donors (Lipinski definition) is 3. The SMILES string of the molecule is COc1nc(-c2ccccc2O)nc(-c2ccc(O)cc2O)n1. The fourth-order valence-electron chi connectivity index (χ4n) is 2.06. The maximum atomic E-state index is 9.97. The molecular formula is C16H13N3O4. The third-order valence-electron chi connectivity index (χ3n) is 3.16. The molecule has 0 spiro atoms. The third-order valence-corrected chi connectivity index (χ3v) is 3.16. The van der Waals surface area contributed by atoms with Gasteiger partial charge in [-0.15, -0.1) is 0 Å². The van der Waals surface area contributed by atoms with Crippen LogP contribution in [0.1, 0.15) is 0 Å². The second-order valence-corrected chi connectivity index (χ2v) is 4.69. The molecule has 0 bridgehead atoms. The summed E-state index contributed by atoms with van der Waals surface area (Å²) in [5.74, 6) is 0.126. The lowest BCUT2D eigenvalue weighted by atomic mass is 10.1. The van der Waals surface area contributed by atoms with Gasteiger partial charge in [-0.05, 0) is 24.3 Å². The average Bonchev–Trinajstić information content (AvgIpc) is 2.54. The molecule has 0 amide bonds. The number of benzene rings is 2. The van der Waals surface area contributed by atoms with Crippen LogP contribution in [0.5, 0.6) is 23.3 Å². The van der Waals surface area contributed by atoms with Crippen molar-refractivity contribution in [1.82, 2.24) is 15.0 Å². The Morgan fingerprint density at radius 1 is 0.783 bits per heavy atom. The minimum Gasteiger partial charge on any atom is -0.508 e. The fourth-order valence-corrected chi connectivity index (χ4v) is 2.06. The van der Waals surface area contributed by atoms with E-state index >= 15 is 0 Å². The summed E-state index contributed by atoms with van der Waals surface area (Å²) in [5.41, 5.74) is 0.716. The molecule has 0 saturated heterocycles. The van der Waals surface area contributed by atoms with Gasteiger partial charge < -0.3 is 20.1 Å². The molecule has 0 aliphatic heterocycles. The third kappa shape index (κ3) is 2.84. The van der Waals surface area contributed by atoms with E-state index in [4.69, 9.17) is 4.74 Å². The molecule has 3 N–H and O–H groups in total. The van der Waals surface area contributed by atoms with Gasteiger partial charge in [-0.1, -0.05) is 12.1 Å². The van der Waals surface area contributed by atoms with Crippen molar-refractivity contribution in [2.24, 2.45) is 0 Å². The number of ether oxygens (including phenoxy) is 1. The average molecular weight is 311 g/mol. The number of phenols is 3. The lowest BCUT2D eigenvalue weighted by molar-refractivity contribution is 0.379. The zero-order chi connectivity index (χ0) is 16.4. The van der Waals surface area contributed by atoms with Crippen LogP contribution in [0.2, 0.25) is 0 Å². The van der Waals surface area contributed by atoms with E-state index in [1.807, 2.05) is 0 Å². The molecule has 7 nitrogen and oxygen atoms in total. The van der Waals surface area contributed by atoms with Gasteiger partial charge >= 0.3 is 6.01 Å². The highest BCUT2D eigenvalue weighted by atomic mass is 16.5. The van der Waals surface area contributed by atoms with Crippen LogP contribution in [0, 0.1) is 0 Å². The first-order chi connectivity index (χ1) is 11.1. The van der Waals surface area contributed by atoms with Crippen LogP contribution in [0.3, 0.4) is 0 Å². The lowest BCUT2D eigenvalue weighted by Gasteiger charge is -2.09. The number of aromatic nitrogens is 3. The number of rotatable bonds is 3. The van der Waals surface area contributed by atoms with Gasteiger partial charge in [0.05, 0.1) is 18.2 Å². The van der Waals surface area contributed by atoms with Crippen molar-refractivity contribution < 1.29 is 20.1 Å². The van der Waals surface area contributed by atoms with Crippen molar-refractivity contribution in [3.63, 3.8) is 0 Å². The number of phenolic OH excluding ortho intramolecular Hbond substituents is 3. The molecule has 0 saturated carbocycles. The number of aromatic hydroxyl groups is 3. The van der Waals surface area contributed by atoms with E-state index in [-0.39, 0.29) is 34.9 Å². The first kappa shape index (κ1) is 14.6. The van der Waals surface area contributed by atoms with Crippen LogP contribution in [0.15, 0.2) is 42.5 Å². The van der Waals surface area contributed by atoms with Crippen molar-refractivity contribution in [3.05, 3.63) is 42.5 Å². The molecule has 0 radical (unpaired) electrons. The second kappa shape index (κ2) is 5.80. The molecule has 1 heterocycles. The zero-order valence-electron chi connectivity index (χ0n) is 12.1. The van der Waals surface area contributed by atoms with Gasteiger partial charge in [-0.2, -0.15) is 9.97 Å². The molecule has 7 heteroatoms. The van der Waals surface area contributed by atoms with Gasteiger partial charge in [0.1, 0.15) is 17.2 Å². The Morgan fingerprint density at radius 2 is 1.43 bits per heavy atom. The lowest BCUT2D eigenvalue weighted by Crippen LogP contribution is -2.00. The summed E-state index contributed by atoms with van der Waals surface area (Å²) >= 11 is 0. The molecule has 116 valence electrons. The molecular weight excluding hydrogens is 298 g/mol. The molecule has 0 unspecified atom stereocenters. The topological polar surface area (TPSA) is 109 Å². The number of para-hydroxylation sites is 1. The van der Waals surface area contributed by atoms with Crippen molar-refractivity contribution in [2.45, 2.75) is 0 Å². The van der Waals surface area contributed by atoms with E-state index in [0.717, 1.165) is 0 Å². The van der Waals surface area contributed by atoms with Crippen LogP contribution in [0.25, 0.3) is 22.8 Å². The maximum absolute atomic E-state index is 9.97. The quantitative estimate of drug-likeness (QED) is 0.681. The van der Waals surface area contributed by atoms with E-state index in [1.54, 1.807) is 18.2 Å². The highest BCUT2D eigenvalue weighted by Crippen LogP contribution is 2.33. The Kier molecular flexibility index (Phi) is 3.68. The Labute approximate surface area is 131 Å². The number of hydrogen-bond acceptors (Lipinski definition) is 7. The van der Waals surface area contributed by atoms with Crippen molar-refractivity contribution >= 4 is 0 Å². The Balaban J connectivity index is 2.19. The maximum Gasteiger partial charge on any atom is 0.320 e. The fraction of sp³-hybridized carbons (Fsp3) is 0.0625. The van der Waals surface area contributed by atoms with Crippen LogP contribution in [-0.4, -0.2) is 37.4 Å². The standard InChI is InChI=1S/C16H13N3O4/c1-23-16-18-14(10-4-2-3-5-12(10)21)17-15(19-16)11-7-6-9(20)8-13(11)22/h2-8,20-22H,1H3. The van der Waals surface area contributed by atoms with Gasteiger partial charge in [-0.25, -0.2) is 4.98 Å². The summed E-state index contributed by atoms with van der Waals surface area (Å²) < 4.78 is 5.07. The highest BCUT2D eigenvalue weighted by molar-refractivity contribution is 5.69. The van der Waals surface area contributed by atoms with E-state index in [9.17, 15) is 15.3 Å². The van der Waals surface area contributed by atoms with Crippen molar-refractivity contribution in [1.29, 1.82) is 0 Å². The van der Waals surface area contributed by atoms with E-state index in [2.05, 4.69) is 15.0 Å². The molecule has 23 heavy (non-hydrogen) atoms. The normalized spacial score (nSPS) is 10.5. The van der Waals surface area contributed by atoms with Gasteiger partial charge in [0.15, 0.2) is 11.6 Å². The predicted molar refractivity (Wildman–Crippen MR) is 82.2 cm³/mol. The number of methoxy groups -OCH3 is 1. The van der Waals surface area contributed by atoms with Gasteiger partial charge in [0.2, 0.25) is 0 Å². The Hall–Kier alpha value is -3.35. The molecule has 1 aromatic heterocycles.